The maximum Gasteiger partial charge on any atom is 0.101 e. The minimum absolute atomic E-state index is 0.784. The van der Waals surface area contributed by atoms with Crippen LogP contribution in [0.1, 0.15) is 19.3 Å². The Hall–Kier alpha value is -1.51. The molecule has 3 heteroatoms. The first kappa shape index (κ1) is 9.06. The van der Waals surface area contributed by atoms with Crippen LogP contribution in [0.15, 0.2) is 29.3 Å². The SMILES string of the molecule is Nc1cccc(NC2=NCCCC2)c1. The molecule has 1 aromatic carbocycles. The molecule has 0 aromatic heterocycles. The molecular formula is C11H15N3. The molecule has 1 aromatic rings. The Bertz CT molecular complexity index is 344. The minimum atomic E-state index is 0.784. The van der Waals surface area contributed by atoms with Crippen molar-refractivity contribution < 1.29 is 0 Å². The summed E-state index contributed by atoms with van der Waals surface area (Å²) in [6.45, 7) is 0.949. The third-order valence-electron chi connectivity index (χ3n) is 2.30. The van der Waals surface area contributed by atoms with Crippen LogP contribution >= 0.6 is 0 Å². The smallest absolute Gasteiger partial charge is 0.101 e. The number of benzene rings is 1. The highest BCUT2D eigenvalue weighted by Crippen LogP contribution is 2.14. The Kier molecular flexibility index (Phi) is 2.68. The van der Waals surface area contributed by atoms with E-state index in [9.17, 15) is 0 Å². The normalized spacial score (nSPS) is 16.1. The van der Waals surface area contributed by atoms with Gasteiger partial charge in [0.15, 0.2) is 0 Å². The summed E-state index contributed by atoms with van der Waals surface area (Å²) in [7, 11) is 0. The standard InChI is InChI=1S/C11H15N3/c12-9-4-3-5-10(8-9)14-11-6-1-2-7-13-11/h3-5,8H,1-2,6-7,12H2,(H,13,14). The molecule has 0 fully saturated rings. The fraction of sp³-hybridized carbons (Fsp3) is 0.364. The first-order chi connectivity index (χ1) is 6.84. The Morgan fingerprint density at radius 3 is 2.93 bits per heavy atom. The Morgan fingerprint density at radius 2 is 2.21 bits per heavy atom. The third-order valence-corrected chi connectivity index (χ3v) is 2.30. The maximum absolute atomic E-state index is 5.68. The van der Waals surface area contributed by atoms with E-state index < -0.39 is 0 Å². The molecule has 1 aliphatic heterocycles. The summed E-state index contributed by atoms with van der Waals surface area (Å²) >= 11 is 0. The second-order valence-electron chi connectivity index (χ2n) is 3.54. The van der Waals surface area contributed by atoms with Crippen LogP contribution in [0.2, 0.25) is 0 Å². The molecule has 1 aliphatic rings. The average molecular weight is 189 g/mol. The summed E-state index contributed by atoms with van der Waals surface area (Å²) in [5.74, 6) is 1.09. The van der Waals surface area contributed by atoms with Crippen molar-refractivity contribution in [2.45, 2.75) is 19.3 Å². The van der Waals surface area contributed by atoms with E-state index in [1.165, 1.54) is 12.8 Å². The van der Waals surface area contributed by atoms with Gasteiger partial charge in [0.25, 0.3) is 0 Å². The molecule has 0 radical (unpaired) electrons. The zero-order valence-electron chi connectivity index (χ0n) is 8.16. The van der Waals surface area contributed by atoms with Gasteiger partial charge in [0, 0.05) is 24.3 Å². The largest absolute Gasteiger partial charge is 0.399 e. The number of nitrogen functional groups attached to an aromatic ring is 1. The molecule has 0 unspecified atom stereocenters. The van der Waals surface area contributed by atoms with Crippen LogP contribution in [0.25, 0.3) is 0 Å². The summed E-state index contributed by atoms with van der Waals surface area (Å²) in [4.78, 5) is 4.42. The van der Waals surface area contributed by atoms with Crippen LogP contribution < -0.4 is 11.1 Å². The van der Waals surface area contributed by atoms with Gasteiger partial charge in [-0.15, -0.1) is 0 Å². The van der Waals surface area contributed by atoms with Gasteiger partial charge in [-0.2, -0.15) is 0 Å². The van der Waals surface area contributed by atoms with Crippen LogP contribution in [0.5, 0.6) is 0 Å². The summed E-state index contributed by atoms with van der Waals surface area (Å²) in [5.41, 5.74) is 7.50. The molecular weight excluding hydrogens is 174 g/mol. The van der Waals surface area contributed by atoms with E-state index in [4.69, 9.17) is 5.73 Å². The lowest BCUT2D eigenvalue weighted by atomic mass is 10.2. The molecule has 3 nitrogen and oxygen atoms in total. The Balaban J connectivity index is 2.06. The molecule has 2 rings (SSSR count). The first-order valence-corrected chi connectivity index (χ1v) is 5.00. The van der Waals surface area contributed by atoms with Crippen LogP contribution in [0.3, 0.4) is 0 Å². The van der Waals surface area contributed by atoms with Crippen molar-refractivity contribution in [2.24, 2.45) is 4.99 Å². The van der Waals surface area contributed by atoms with E-state index in [1.807, 2.05) is 24.3 Å². The number of hydrogen-bond donors (Lipinski definition) is 2. The van der Waals surface area contributed by atoms with E-state index >= 15 is 0 Å². The summed E-state index contributed by atoms with van der Waals surface area (Å²) in [6.07, 6.45) is 3.49. The molecule has 1 heterocycles. The lowest BCUT2D eigenvalue weighted by Gasteiger charge is -2.13. The molecule has 0 bridgehead atoms. The topological polar surface area (TPSA) is 50.4 Å². The minimum Gasteiger partial charge on any atom is -0.399 e. The molecule has 3 N–H and O–H groups in total. The maximum atomic E-state index is 5.68. The number of aliphatic imine (C=N–C) groups is 1. The van der Waals surface area contributed by atoms with Gasteiger partial charge in [-0.25, -0.2) is 0 Å². The van der Waals surface area contributed by atoms with Crippen molar-refractivity contribution in [1.82, 2.24) is 0 Å². The van der Waals surface area contributed by atoms with Crippen molar-refractivity contribution in [1.29, 1.82) is 0 Å². The van der Waals surface area contributed by atoms with Gasteiger partial charge in [-0.1, -0.05) is 6.07 Å². The highest BCUT2D eigenvalue weighted by Gasteiger charge is 2.04. The number of rotatable bonds is 1. The van der Waals surface area contributed by atoms with Crippen LogP contribution in [0, 0.1) is 0 Å². The number of anilines is 2. The second-order valence-corrected chi connectivity index (χ2v) is 3.54. The van der Waals surface area contributed by atoms with Crippen LogP contribution in [-0.4, -0.2) is 12.4 Å². The number of amidine groups is 1. The van der Waals surface area contributed by atoms with E-state index in [0.717, 1.165) is 30.2 Å². The van der Waals surface area contributed by atoms with E-state index in [0.29, 0.717) is 0 Å². The number of nitrogens with zero attached hydrogens (tertiary/aromatic N) is 1. The molecule has 14 heavy (non-hydrogen) atoms. The van der Waals surface area contributed by atoms with Gasteiger partial charge >= 0.3 is 0 Å². The van der Waals surface area contributed by atoms with Crippen molar-refractivity contribution in [3.05, 3.63) is 24.3 Å². The van der Waals surface area contributed by atoms with Crippen molar-refractivity contribution in [3.63, 3.8) is 0 Å². The lowest BCUT2D eigenvalue weighted by Crippen LogP contribution is -2.16. The summed E-state index contributed by atoms with van der Waals surface area (Å²) in [6, 6.07) is 7.76. The molecule has 0 saturated carbocycles. The number of nitrogens with one attached hydrogen (secondary N) is 1. The predicted octanol–water partition coefficient (Wildman–Crippen LogP) is 2.26. The van der Waals surface area contributed by atoms with E-state index in [2.05, 4.69) is 10.3 Å². The number of hydrogen-bond acceptors (Lipinski definition) is 3. The predicted molar refractivity (Wildman–Crippen MR) is 60.6 cm³/mol. The van der Waals surface area contributed by atoms with E-state index in [1.54, 1.807) is 0 Å². The van der Waals surface area contributed by atoms with Crippen molar-refractivity contribution in [2.75, 3.05) is 17.6 Å². The number of nitrogens with two attached hydrogens (primary N) is 1. The summed E-state index contributed by atoms with van der Waals surface area (Å²) < 4.78 is 0. The van der Waals surface area contributed by atoms with E-state index in [-0.39, 0.29) is 0 Å². The molecule has 0 spiro atoms. The highest BCUT2D eigenvalue weighted by molar-refractivity contribution is 5.96. The third kappa shape index (κ3) is 2.25. The monoisotopic (exact) mass is 189 g/mol. The first-order valence-electron chi connectivity index (χ1n) is 5.00. The van der Waals surface area contributed by atoms with Gasteiger partial charge < -0.3 is 11.1 Å². The van der Waals surface area contributed by atoms with Gasteiger partial charge in [0.05, 0.1) is 0 Å². The van der Waals surface area contributed by atoms with Gasteiger partial charge in [-0.05, 0) is 31.0 Å². The lowest BCUT2D eigenvalue weighted by molar-refractivity contribution is 0.737. The summed E-state index contributed by atoms with van der Waals surface area (Å²) in [5, 5.41) is 3.29. The van der Waals surface area contributed by atoms with Gasteiger partial charge in [0.1, 0.15) is 5.84 Å². The molecule has 0 aliphatic carbocycles. The van der Waals surface area contributed by atoms with Crippen LogP contribution in [-0.2, 0) is 0 Å². The van der Waals surface area contributed by atoms with Crippen molar-refractivity contribution in [3.8, 4) is 0 Å². The van der Waals surface area contributed by atoms with Crippen LogP contribution in [0.4, 0.5) is 11.4 Å². The Morgan fingerprint density at radius 1 is 1.29 bits per heavy atom. The fourth-order valence-electron chi connectivity index (χ4n) is 1.58. The second kappa shape index (κ2) is 4.13. The molecule has 0 atom stereocenters. The molecule has 74 valence electrons. The molecule has 0 amide bonds. The zero-order valence-corrected chi connectivity index (χ0v) is 8.16. The van der Waals surface area contributed by atoms with Crippen molar-refractivity contribution >= 4 is 17.2 Å². The quantitative estimate of drug-likeness (QED) is 0.666. The molecule has 0 saturated heterocycles. The fourth-order valence-corrected chi connectivity index (χ4v) is 1.58. The van der Waals surface area contributed by atoms with Gasteiger partial charge in [0.2, 0.25) is 0 Å². The zero-order chi connectivity index (χ0) is 9.80. The van der Waals surface area contributed by atoms with Gasteiger partial charge in [-0.3, -0.25) is 4.99 Å². The Labute approximate surface area is 84.0 Å². The average Bonchev–Trinajstić information content (AvgIpc) is 2.19. The highest BCUT2D eigenvalue weighted by atomic mass is 15.0.